The van der Waals surface area contributed by atoms with Crippen molar-refractivity contribution in [2.75, 3.05) is 25.5 Å². The van der Waals surface area contributed by atoms with E-state index in [0.29, 0.717) is 61.2 Å². The number of nitriles is 1. The molecule has 0 aliphatic heterocycles. The highest BCUT2D eigenvalue weighted by molar-refractivity contribution is 7.93. The Morgan fingerprint density at radius 2 is 0.933 bits per heavy atom. The van der Waals surface area contributed by atoms with E-state index in [-0.39, 0.29) is 84.8 Å². The maximum Gasteiger partial charge on any atom is 0.469 e. The largest absolute Gasteiger partial charge is 0.494 e. The molecule has 15 nitrogen and oxygen atoms in total. The van der Waals surface area contributed by atoms with Crippen molar-refractivity contribution in [3.63, 3.8) is 0 Å². The summed E-state index contributed by atoms with van der Waals surface area (Å²) in [7, 11) is -6.23. The minimum absolute atomic E-state index is 0.0163. The molecule has 12 rings (SSSR count). The molecular weight excluding hydrogens is 1380 g/mol. The van der Waals surface area contributed by atoms with E-state index in [1.807, 2.05) is 130 Å². The number of carbonyl (C=O) groups is 2. The first-order chi connectivity index (χ1) is 49.9. The first kappa shape index (κ1) is 72.2. The number of oxazole rings is 2. The van der Waals surface area contributed by atoms with Crippen LogP contribution in [0.3, 0.4) is 0 Å². The predicted molar refractivity (Wildman–Crippen MR) is 374 cm³/mol. The van der Waals surface area contributed by atoms with E-state index < -0.39 is 77.5 Å². The van der Waals surface area contributed by atoms with Gasteiger partial charge in [0.25, 0.3) is 5.70 Å². The standard InChI is InChI=1S/C76H57B2F10N7O8S/c1-90-66(72-93-60-32-15-17-34-62(60)103-72)70-65-64(67(95(70)78(53-26-10-4-11-27-53)54-28-12-5-13-29-54)49-36-40-56(41-37-49)100-44-20-18-30-55(96)47-104(98,99)76(87,88)75(84,85)86)69(58(46-89)71-92-59-31-14-16-33-61(59)102-71)94(77(51-22-6-2-7-23-51)52-24-8-3-9-25-52)68(65)50-38-42-57(43-39-50)101-45-21-19-35-63(97)91-48-73(79,80)74(81,82)83/h2-17,22-29,31-34,36-43H,18-21,30,35,44-45,47-48H2,(H,91,97)/b69-58-,70-66+. The van der Waals surface area contributed by atoms with Gasteiger partial charge in [-0.15, -0.1) is 0 Å². The van der Waals surface area contributed by atoms with Gasteiger partial charge in [0.1, 0.15) is 45.7 Å². The maximum atomic E-state index is 13.9. The Kier molecular flexibility index (Phi) is 20.9. The number of carbonyl (C=O) groups excluding carboxylic acids is 2. The van der Waals surface area contributed by atoms with Crippen molar-refractivity contribution in [3.05, 3.63) is 252 Å². The number of Topliss-reactive ketones (excluding diaryl/α,β-unsaturated/α-hetero) is 1. The Hall–Kier alpha value is -11.6. The van der Waals surface area contributed by atoms with Crippen LogP contribution in [-0.2, 0) is 19.4 Å². The second-order valence-corrected chi connectivity index (χ2v) is 26.2. The molecule has 0 atom stereocenters. The van der Waals surface area contributed by atoms with Gasteiger partial charge in [-0.05, 0) is 110 Å². The number of ether oxygens (including phenoxy) is 2. The quantitative estimate of drug-likeness (QED) is 0.0223. The summed E-state index contributed by atoms with van der Waals surface area (Å²) in [6.07, 6.45) is -13.2. The third-order valence-corrected chi connectivity index (χ3v) is 19.0. The molecule has 0 saturated carbocycles. The molecule has 0 aliphatic rings. The van der Waals surface area contributed by atoms with E-state index in [2.05, 4.69) is 10.9 Å². The number of fused-ring (bicyclic) bond motifs is 3. The molecule has 12 aromatic rings. The smallest absolute Gasteiger partial charge is 0.469 e. The van der Waals surface area contributed by atoms with Crippen LogP contribution in [0.1, 0.15) is 50.3 Å². The average molecular weight is 1440 g/mol. The number of halogens is 10. The number of alkyl halides is 10. The number of nitrogens with zero attached hydrogens (tertiary/aromatic N) is 6. The van der Waals surface area contributed by atoms with Crippen LogP contribution in [-0.4, -0.2) is 102 Å². The number of benzene rings is 8. The summed E-state index contributed by atoms with van der Waals surface area (Å²) in [5, 5.41) is 9.07. The number of hydrogen-bond acceptors (Lipinski definition) is 11. The minimum Gasteiger partial charge on any atom is -0.494 e. The average Bonchev–Trinajstić information content (AvgIpc) is 1.52. The molecule has 4 heterocycles. The van der Waals surface area contributed by atoms with Crippen LogP contribution in [0, 0.1) is 17.9 Å². The fourth-order valence-corrected chi connectivity index (χ4v) is 13.5. The van der Waals surface area contributed by atoms with Crippen molar-refractivity contribution in [1.82, 2.24) is 24.2 Å². The fourth-order valence-electron chi connectivity index (χ4n) is 12.4. The second-order valence-electron chi connectivity index (χ2n) is 24.2. The molecule has 0 fully saturated rings. The highest BCUT2D eigenvalue weighted by atomic mass is 32.2. The van der Waals surface area contributed by atoms with Crippen LogP contribution in [0.25, 0.3) is 71.6 Å². The minimum atomic E-state index is -6.43. The number of ketones is 1. The van der Waals surface area contributed by atoms with E-state index in [4.69, 9.17) is 28.3 Å². The van der Waals surface area contributed by atoms with Crippen LogP contribution < -0.4 is 47.3 Å². The van der Waals surface area contributed by atoms with Crippen LogP contribution >= 0.6 is 0 Å². The van der Waals surface area contributed by atoms with Crippen LogP contribution in [0.15, 0.2) is 227 Å². The summed E-state index contributed by atoms with van der Waals surface area (Å²) < 4.78 is 186. The van der Waals surface area contributed by atoms with Crippen molar-refractivity contribution in [1.29, 1.82) is 5.26 Å². The van der Waals surface area contributed by atoms with Crippen molar-refractivity contribution >= 4 is 101 Å². The molecule has 0 spiro atoms. The Morgan fingerprint density at radius 3 is 1.36 bits per heavy atom. The zero-order valence-electron chi connectivity index (χ0n) is 54.6. The van der Waals surface area contributed by atoms with Crippen molar-refractivity contribution < 1.29 is 80.2 Å². The third kappa shape index (κ3) is 14.9. The maximum absolute atomic E-state index is 13.9. The highest BCUT2D eigenvalue weighted by Gasteiger charge is 2.67. The highest BCUT2D eigenvalue weighted by Crippen LogP contribution is 2.42. The molecular formula is C76H57B2F10N7O8S. The fraction of sp³-hybridized carbons (Fsp3) is 0.184. The molecule has 104 heavy (non-hydrogen) atoms. The third-order valence-electron chi connectivity index (χ3n) is 17.3. The lowest BCUT2D eigenvalue weighted by Gasteiger charge is -2.24. The number of amides is 1. The molecule has 0 aliphatic carbocycles. The molecule has 0 bridgehead atoms. The van der Waals surface area contributed by atoms with Crippen LogP contribution in [0.4, 0.5) is 43.9 Å². The van der Waals surface area contributed by atoms with E-state index in [1.165, 1.54) is 0 Å². The number of nitrogens with one attached hydrogen (secondary N) is 1. The lowest BCUT2D eigenvalue weighted by atomic mass is 9.50. The summed E-state index contributed by atoms with van der Waals surface area (Å²) in [5.74, 6) is -9.08. The number of unbranched alkanes of at least 4 members (excludes halogenated alkanes) is 2. The van der Waals surface area contributed by atoms with Crippen LogP contribution in [0.5, 0.6) is 11.5 Å². The molecule has 28 heteroatoms. The van der Waals surface area contributed by atoms with Gasteiger partial charge in [0.05, 0.1) is 37.0 Å². The first-order valence-electron chi connectivity index (χ1n) is 32.5. The normalized spacial score (nSPS) is 12.8. The van der Waals surface area contributed by atoms with E-state index in [9.17, 15) is 73.7 Å². The number of aromatic nitrogens is 4. The van der Waals surface area contributed by atoms with Gasteiger partial charge < -0.3 is 32.6 Å². The van der Waals surface area contributed by atoms with Crippen molar-refractivity contribution in [2.45, 2.75) is 62.1 Å². The Balaban J connectivity index is 1.13. The zero-order valence-corrected chi connectivity index (χ0v) is 55.5. The molecule has 0 unspecified atom stereocenters. The lowest BCUT2D eigenvalue weighted by molar-refractivity contribution is -0.278. The monoisotopic (exact) mass is 1440 g/mol. The Labute approximate surface area is 588 Å². The van der Waals surface area contributed by atoms with Crippen molar-refractivity contribution in [2.24, 2.45) is 0 Å². The van der Waals surface area contributed by atoms with Gasteiger partial charge in [-0.2, -0.15) is 49.2 Å². The van der Waals surface area contributed by atoms with Gasteiger partial charge in [-0.3, -0.25) is 9.59 Å². The Bertz CT molecular complexity index is 5210. The molecule has 4 aromatic heterocycles. The molecule has 1 N–H and O–H groups in total. The van der Waals surface area contributed by atoms with Gasteiger partial charge in [0.15, 0.2) is 11.2 Å². The molecule has 0 radical (unpaired) electrons. The molecule has 1 amide bonds. The number of sulfone groups is 1. The SMILES string of the molecule is [C-]#[N+]/C(c1nc2ccccc2o1)=c1\c2c(-c3ccc(OCCCCC(=O)NCC(F)(F)C(F)(F)F)cc3)n(B(c3ccccc3)c3ccccc3)/c(=C(/C#N)c3nc4ccccc4o3)c2c(-c2ccc(OCCCCC(=O)CS(=O)(=O)C(F)(F)C(F)(F)F)cc2)n1B(c1ccccc1)c1ccccc1. The topological polar surface area (TPSA) is 189 Å². The van der Waals surface area contributed by atoms with E-state index in [1.54, 1.807) is 102 Å². The van der Waals surface area contributed by atoms with Gasteiger partial charge in [0, 0.05) is 35.0 Å². The molecule has 526 valence electrons. The summed E-state index contributed by atoms with van der Waals surface area (Å²) >= 11 is 0. The number of rotatable bonds is 27. The lowest BCUT2D eigenvalue weighted by Crippen LogP contribution is -2.54. The molecule has 8 aromatic carbocycles. The first-order valence-corrected chi connectivity index (χ1v) is 34.2. The summed E-state index contributed by atoms with van der Waals surface area (Å²) in [4.78, 5) is 39.4. The molecule has 0 saturated heterocycles. The summed E-state index contributed by atoms with van der Waals surface area (Å²) in [6, 6.07) is 68.3. The van der Waals surface area contributed by atoms with Gasteiger partial charge in [-0.1, -0.05) is 167 Å². The number of hydrogen-bond donors (Lipinski definition) is 1. The predicted octanol–water partition coefficient (Wildman–Crippen LogP) is 12.7. The van der Waals surface area contributed by atoms with Gasteiger partial charge >= 0.3 is 37.2 Å². The van der Waals surface area contributed by atoms with Gasteiger partial charge in [0.2, 0.25) is 27.5 Å². The van der Waals surface area contributed by atoms with E-state index >= 15 is 0 Å². The number of para-hydroxylation sites is 4. The van der Waals surface area contributed by atoms with Crippen molar-refractivity contribution in [3.8, 4) is 40.1 Å². The van der Waals surface area contributed by atoms with E-state index in [0.717, 1.165) is 21.9 Å². The Morgan fingerprint density at radius 1 is 0.529 bits per heavy atom. The summed E-state index contributed by atoms with van der Waals surface area (Å²) in [5.41, 5.74) is 6.09. The second kappa shape index (κ2) is 30.1. The zero-order chi connectivity index (χ0) is 73.6. The van der Waals surface area contributed by atoms with Gasteiger partial charge in [-0.25, -0.2) is 23.2 Å². The van der Waals surface area contributed by atoms with Crippen LogP contribution in [0.2, 0.25) is 0 Å². The summed E-state index contributed by atoms with van der Waals surface area (Å²) in [6.45, 7) is 5.75.